The molecule has 22 heavy (non-hydrogen) atoms. The van der Waals surface area contributed by atoms with Gasteiger partial charge in [0.15, 0.2) is 0 Å². The summed E-state index contributed by atoms with van der Waals surface area (Å²) in [7, 11) is 0. The van der Waals surface area contributed by atoms with Crippen LogP contribution < -0.4 is 0 Å². The molecule has 0 bridgehead atoms. The highest BCUT2D eigenvalue weighted by Gasteiger charge is 2.09. The quantitative estimate of drug-likeness (QED) is 0.294. The highest BCUT2D eigenvalue weighted by atomic mass is 16.4. The molecule has 0 saturated carbocycles. The van der Waals surface area contributed by atoms with E-state index in [1.807, 2.05) is 6.92 Å². The van der Waals surface area contributed by atoms with E-state index in [1.165, 1.54) is 89.9 Å². The lowest BCUT2D eigenvalue weighted by molar-refractivity contribution is -0.141. The van der Waals surface area contributed by atoms with Crippen molar-refractivity contribution in [3.8, 4) is 0 Å². The van der Waals surface area contributed by atoms with Gasteiger partial charge in [-0.1, -0.05) is 110 Å². The molecule has 0 saturated heterocycles. The largest absolute Gasteiger partial charge is 0.481 e. The highest BCUT2D eigenvalue weighted by molar-refractivity contribution is 5.69. The predicted molar refractivity (Wildman–Crippen MR) is 96.3 cm³/mol. The van der Waals surface area contributed by atoms with Crippen molar-refractivity contribution < 1.29 is 9.90 Å². The minimum Gasteiger partial charge on any atom is -0.481 e. The van der Waals surface area contributed by atoms with E-state index in [-0.39, 0.29) is 5.92 Å². The highest BCUT2D eigenvalue weighted by Crippen LogP contribution is 2.15. The number of carboxylic acids is 1. The topological polar surface area (TPSA) is 37.3 Å². The van der Waals surface area contributed by atoms with Crippen LogP contribution in [0.4, 0.5) is 0 Å². The van der Waals surface area contributed by atoms with Crippen LogP contribution in [0.5, 0.6) is 0 Å². The molecular formula is C20H40O2. The van der Waals surface area contributed by atoms with Crippen LogP contribution in [0.15, 0.2) is 0 Å². The zero-order valence-electron chi connectivity index (χ0n) is 15.2. The molecule has 0 fully saturated rings. The minimum atomic E-state index is -0.648. The minimum absolute atomic E-state index is 0.165. The Hall–Kier alpha value is -0.530. The van der Waals surface area contributed by atoms with Crippen molar-refractivity contribution in [1.29, 1.82) is 0 Å². The Balaban J connectivity index is 3.04. The van der Waals surface area contributed by atoms with Gasteiger partial charge in [-0.3, -0.25) is 4.79 Å². The van der Waals surface area contributed by atoms with Crippen LogP contribution in [0.1, 0.15) is 117 Å². The Morgan fingerprint density at radius 2 is 1.00 bits per heavy atom. The Morgan fingerprint density at radius 3 is 1.32 bits per heavy atom. The van der Waals surface area contributed by atoms with Crippen molar-refractivity contribution in [3.05, 3.63) is 0 Å². The van der Waals surface area contributed by atoms with E-state index in [2.05, 4.69) is 6.92 Å². The zero-order chi connectivity index (χ0) is 16.5. The smallest absolute Gasteiger partial charge is 0.306 e. The maximum atomic E-state index is 10.7. The van der Waals surface area contributed by atoms with Crippen LogP contribution >= 0.6 is 0 Å². The maximum Gasteiger partial charge on any atom is 0.306 e. The van der Waals surface area contributed by atoms with Gasteiger partial charge in [0.25, 0.3) is 0 Å². The Kier molecular flexibility index (Phi) is 16.4. The molecule has 2 nitrogen and oxygen atoms in total. The molecular weight excluding hydrogens is 272 g/mol. The van der Waals surface area contributed by atoms with Gasteiger partial charge in [-0.25, -0.2) is 0 Å². The molecule has 0 rings (SSSR count). The summed E-state index contributed by atoms with van der Waals surface area (Å²) in [5, 5.41) is 8.80. The molecule has 0 aliphatic carbocycles. The van der Waals surface area contributed by atoms with Gasteiger partial charge in [-0.15, -0.1) is 0 Å². The summed E-state index contributed by atoms with van der Waals surface area (Å²) in [6.07, 6.45) is 21.3. The Morgan fingerprint density at radius 1 is 0.682 bits per heavy atom. The van der Waals surface area contributed by atoms with Gasteiger partial charge < -0.3 is 5.11 Å². The van der Waals surface area contributed by atoms with Gasteiger partial charge in [0, 0.05) is 0 Å². The maximum absolute atomic E-state index is 10.7. The van der Waals surface area contributed by atoms with Crippen LogP contribution in [0, 0.1) is 5.92 Å². The third kappa shape index (κ3) is 15.9. The first-order valence-electron chi connectivity index (χ1n) is 9.91. The molecule has 0 spiro atoms. The van der Waals surface area contributed by atoms with E-state index >= 15 is 0 Å². The first-order chi connectivity index (χ1) is 10.7. The van der Waals surface area contributed by atoms with Crippen molar-refractivity contribution in [2.75, 3.05) is 0 Å². The second kappa shape index (κ2) is 16.8. The average molecular weight is 313 g/mol. The average Bonchev–Trinajstić information content (AvgIpc) is 2.50. The summed E-state index contributed by atoms with van der Waals surface area (Å²) < 4.78 is 0. The summed E-state index contributed by atoms with van der Waals surface area (Å²) in [6.45, 7) is 4.09. The number of rotatable bonds is 17. The van der Waals surface area contributed by atoms with E-state index in [0.717, 1.165) is 12.8 Å². The monoisotopic (exact) mass is 312 g/mol. The number of hydrogen-bond donors (Lipinski definition) is 1. The van der Waals surface area contributed by atoms with Gasteiger partial charge in [-0.2, -0.15) is 0 Å². The lowest BCUT2D eigenvalue weighted by atomic mass is 10.0. The lowest BCUT2D eigenvalue weighted by Crippen LogP contribution is -2.08. The lowest BCUT2D eigenvalue weighted by Gasteiger charge is -2.05. The third-order valence-electron chi connectivity index (χ3n) is 4.66. The molecule has 0 aliphatic heterocycles. The molecule has 0 aliphatic rings. The molecule has 1 N–H and O–H groups in total. The second-order valence-corrected chi connectivity index (χ2v) is 6.98. The SMILES string of the molecule is CCCCCCCCCCCCCCCCCC(C)C(=O)O. The fourth-order valence-corrected chi connectivity index (χ4v) is 2.95. The van der Waals surface area contributed by atoms with E-state index in [1.54, 1.807) is 0 Å². The van der Waals surface area contributed by atoms with Crippen molar-refractivity contribution >= 4 is 5.97 Å². The number of carbonyl (C=O) groups is 1. The van der Waals surface area contributed by atoms with Crippen molar-refractivity contribution in [2.24, 2.45) is 5.92 Å². The van der Waals surface area contributed by atoms with Crippen LogP contribution in [0.2, 0.25) is 0 Å². The summed E-state index contributed by atoms with van der Waals surface area (Å²) in [5.74, 6) is -0.813. The molecule has 132 valence electrons. The molecule has 0 aromatic carbocycles. The summed E-state index contributed by atoms with van der Waals surface area (Å²) in [6, 6.07) is 0. The van der Waals surface area contributed by atoms with E-state index in [4.69, 9.17) is 5.11 Å². The molecule has 0 amide bonds. The molecule has 0 heterocycles. The fourth-order valence-electron chi connectivity index (χ4n) is 2.95. The van der Waals surface area contributed by atoms with Crippen molar-refractivity contribution in [3.63, 3.8) is 0 Å². The molecule has 1 unspecified atom stereocenters. The summed E-state index contributed by atoms with van der Waals surface area (Å²) in [4.78, 5) is 10.7. The normalized spacial score (nSPS) is 12.5. The van der Waals surface area contributed by atoms with E-state index < -0.39 is 5.97 Å². The summed E-state index contributed by atoms with van der Waals surface area (Å²) >= 11 is 0. The first kappa shape index (κ1) is 21.5. The van der Waals surface area contributed by atoms with Crippen molar-refractivity contribution in [1.82, 2.24) is 0 Å². The summed E-state index contributed by atoms with van der Waals surface area (Å²) in [5.41, 5.74) is 0. The van der Waals surface area contributed by atoms with Gasteiger partial charge in [0.1, 0.15) is 0 Å². The fraction of sp³-hybridized carbons (Fsp3) is 0.950. The predicted octanol–water partition coefficient (Wildman–Crippen LogP) is 6.97. The number of carboxylic acid groups (broad SMARTS) is 1. The number of unbranched alkanes of at least 4 members (excludes halogenated alkanes) is 14. The zero-order valence-corrected chi connectivity index (χ0v) is 15.2. The van der Waals surface area contributed by atoms with Gasteiger partial charge in [0.05, 0.1) is 5.92 Å². The second-order valence-electron chi connectivity index (χ2n) is 6.98. The molecule has 0 radical (unpaired) electrons. The Labute approximate surface area is 139 Å². The number of hydrogen-bond acceptors (Lipinski definition) is 1. The third-order valence-corrected chi connectivity index (χ3v) is 4.66. The van der Waals surface area contributed by atoms with E-state index in [9.17, 15) is 4.79 Å². The first-order valence-corrected chi connectivity index (χ1v) is 9.91. The molecule has 2 heteroatoms. The Bertz CT molecular complexity index is 238. The van der Waals surface area contributed by atoms with Crippen LogP contribution in [-0.4, -0.2) is 11.1 Å². The van der Waals surface area contributed by atoms with Crippen LogP contribution in [-0.2, 0) is 4.79 Å². The van der Waals surface area contributed by atoms with Gasteiger partial charge in [0.2, 0.25) is 0 Å². The molecule has 0 aromatic heterocycles. The number of aliphatic carboxylic acids is 1. The molecule has 1 atom stereocenters. The molecule has 0 aromatic rings. The van der Waals surface area contributed by atoms with Gasteiger partial charge in [-0.05, 0) is 6.42 Å². The van der Waals surface area contributed by atoms with Crippen LogP contribution in [0.3, 0.4) is 0 Å². The van der Waals surface area contributed by atoms with Crippen molar-refractivity contribution in [2.45, 2.75) is 117 Å². The van der Waals surface area contributed by atoms with Gasteiger partial charge >= 0.3 is 5.97 Å². The standard InChI is InChI=1S/C20H40O2/c1-3-4-5-6-7-8-9-10-11-12-13-14-15-16-17-18-19(2)20(21)22/h19H,3-18H2,1-2H3,(H,21,22). The van der Waals surface area contributed by atoms with Crippen LogP contribution in [0.25, 0.3) is 0 Å². The van der Waals surface area contributed by atoms with E-state index in [0.29, 0.717) is 0 Å².